The summed E-state index contributed by atoms with van der Waals surface area (Å²) in [5.41, 5.74) is 2.59. The Balaban J connectivity index is 2.12. The first-order chi connectivity index (χ1) is 11.3. The first-order valence-corrected chi connectivity index (χ1v) is 8.03. The smallest absolute Gasteiger partial charge is 0.294 e. The Labute approximate surface area is 138 Å². The van der Waals surface area contributed by atoms with Crippen LogP contribution in [0.4, 0.5) is 0 Å². The van der Waals surface area contributed by atoms with Crippen LogP contribution in [0.3, 0.4) is 0 Å². The van der Waals surface area contributed by atoms with E-state index in [2.05, 4.69) is 10.5 Å². The summed E-state index contributed by atoms with van der Waals surface area (Å²) in [6.07, 6.45) is 1.06. The third-order valence-electron chi connectivity index (χ3n) is 3.02. The van der Waals surface area contributed by atoms with Crippen LogP contribution < -0.4 is 10.2 Å². The van der Waals surface area contributed by atoms with E-state index in [0.717, 1.165) is 24.4 Å². The topological polar surface area (TPSA) is 125 Å². The molecule has 2 aromatic rings. The van der Waals surface area contributed by atoms with Gasteiger partial charge in [-0.3, -0.25) is 9.35 Å². The molecule has 0 saturated carbocycles. The number of phenolic OH excluding ortho intramolecular Hbond substituents is 1. The predicted molar refractivity (Wildman–Crippen MR) is 86.0 cm³/mol. The Morgan fingerprint density at radius 1 is 1.21 bits per heavy atom. The zero-order valence-corrected chi connectivity index (χ0v) is 13.3. The van der Waals surface area contributed by atoms with E-state index < -0.39 is 20.9 Å². The van der Waals surface area contributed by atoms with Crippen molar-refractivity contribution in [3.8, 4) is 11.5 Å². The zero-order valence-electron chi connectivity index (χ0n) is 12.5. The monoisotopic (exact) mass is 350 g/mol. The molecule has 2 rings (SSSR count). The molecule has 126 valence electrons. The number of rotatable bonds is 5. The molecule has 0 fully saturated rings. The van der Waals surface area contributed by atoms with Crippen LogP contribution >= 0.6 is 0 Å². The molecule has 0 atom stereocenters. The number of ether oxygens (including phenoxy) is 1. The van der Waals surface area contributed by atoms with Crippen LogP contribution in [0.15, 0.2) is 52.5 Å². The summed E-state index contributed by atoms with van der Waals surface area (Å²) in [5.74, 6) is -0.161. The van der Waals surface area contributed by atoms with E-state index in [0.29, 0.717) is 11.3 Å². The summed E-state index contributed by atoms with van der Waals surface area (Å²) in [5, 5.41) is 13.3. The molecule has 0 aliphatic rings. The highest BCUT2D eigenvalue weighted by Crippen LogP contribution is 2.19. The van der Waals surface area contributed by atoms with Gasteiger partial charge in [0.15, 0.2) is 0 Å². The van der Waals surface area contributed by atoms with Crippen molar-refractivity contribution in [2.45, 2.75) is 4.90 Å². The minimum absolute atomic E-state index is 0.0140. The van der Waals surface area contributed by atoms with E-state index in [1.165, 1.54) is 7.11 Å². The molecule has 0 aliphatic carbocycles. The Kier molecular flexibility index (Phi) is 5.17. The van der Waals surface area contributed by atoms with Crippen molar-refractivity contribution < 1.29 is 27.6 Å². The number of hydrogen-bond donors (Lipinski definition) is 3. The highest BCUT2D eigenvalue weighted by Gasteiger charge is 2.11. The van der Waals surface area contributed by atoms with Gasteiger partial charge in [0, 0.05) is 11.1 Å². The first kappa shape index (κ1) is 17.4. The second kappa shape index (κ2) is 7.11. The maximum absolute atomic E-state index is 11.9. The van der Waals surface area contributed by atoms with Crippen molar-refractivity contribution in [1.82, 2.24) is 5.43 Å². The van der Waals surface area contributed by atoms with Gasteiger partial charge >= 0.3 is 0 Å². The number of carbonyl (C=O) groups excluding carboxylic acids is 1. The second-order valence-electron chi connectivity index (χ2n) is 4.62. The van der Waals surface area contributed by atoms with E-state index >= 15 is 0 Å². The number of nitrogens with one attached hydrogen (secondary N) is 1. The highest BCUT2D eigenvalue weighted by molar-refractivity contribution is 7.85. The molecule has 24 heavy (non-hydrogen) atoms. The lowest BCUT2D eigenvalue weighted by Gasteiger charge is -2.03. The standard InChI is InChI=1S/C15H14N2O6S/c1-23-12-4-2-10(3-5-12)15(19)17-16-9-11-8-13(24(20,21)22)6-7-14(11)18/h2-9,18H,1H3,(H,17,19)(H,20,21,22)/b16-9+. The van der Waals surface area contributed by atoms with Gasteiger partial charge in [-0.1, -0.05) is 0 Å². The Bertz CT molecular complexity index is 875. The van der Waals surface area contributed by atoms with Crippen LogP contribution in [-0.4, -0.2) is 37.3 Å². The molecule has 8 nitrogen and oxygen atoms in total. The van der Waals surface area contributed by atoms with Crippen LogP contribution in [0.1, 0.15) is 15.9 Å². The summed E-state index contributed by atoms with van der Waals surface area (Å²) in [6.45, 7) is 0. The number of hydrogen-bond acceptors (Lipinski definition) is 6. The fraction of sp³-hybridized carbons (Fsp3) is 0.0667. The van der Waals surface area contributed by atoms with E-state index in [9.17, 15) is 18.3 Å². The number of phenols is 1. The molecule has 1 amide bonds. The van der Waals surface area contributed by atoms with Gasteiger partial charge in [-0.05, 0) is 42.5 Å². The third kappa shape index (κ3) is 4.31. The summed E-state index contributed by atoms with van der Waals surface area (Å²) < 4.78 is 36.1. The molecule has 9 heteroatoms. The fourth-order valence-corrected chi connectivity index (χ4v) is 2.28. The molecule has 0 spiro atoms. The molecular weight excluding hydrogens is 336 g/mol. The highest BCUT2D eigenvalue weighted by atomic mass is 32.2. The SMILES string of the molecule is COc1ccc(C(=O)N/N=C/c2cc(S(=O)(=O)O)ccc2O)cc1. The third-order valence-corrected chi connectivity index (χ3v) is 3.87. The van der Waals surface area contributed by atoms with Crippen molar-refractivity contribution in [3.63, 3.8) is 0 Å². The van der Waals surface area contributed by atoms with Crippen LogP contribution in [0.25, 0.3) is 0 Å². The van der Waals surface area contributed by atoms with Crippen molar-refractivity contribution in [2.75, 3.05) is 7.11 Å². The van der Waals surface area contributed by atoms with E-state index in [4.69, 9.17) is 9.29 Å². The minimum Gasteiger partial charge on any atom is -0.507 e. The molecule has 0 saturated heterocycles. The number of methoxy groups -OCH3 is 1. The lowest BCUT2D eigenvalue weighted by atomic mass is 10.2. The number of aromatic hydroxyl groups is 1. The van der Waals surface area contributed by atoms with Crippen molar-refractivity contribution in [2.24, 2.45) is 5.10 Å². The van der Waals surface area contributed by atoms with Gasteiger partial charge in [-0.2, -0.15) is 13.5 Å². The van der Waals surface area contributed by atoms with Gasteiger partial charge < -0.3 is 9.84 Å². The fourth-order valence-electron chi connectivity index (χ4n) is 1.76. The lowest BCUT2D eigenvalue weighted by Crippen LogP contribution is -2.17. The van der Waals surface area contributed by atoms with Gasteiger partial charge in [0.2, 0.25) is 0 Å². The van der Waals surface area contributed by atoms with Crippen LogP contribution in [0, 0.1) is 0 Å². The summed E-state index contributed by atoms with van der Waals surface area (Å²) in [4.78, 5) is 11.5. The summed E-state index contributed by atoms with van der Waals surface area (Å²) in [7, 11) is -2.90. The molecule has 0 bridgehead atoms. The van der Waals surface area contributed by atoms with Crippen molar-refractivity contribution >= 4 is 22.2 Å². The number of benzene rings is 2. The zero-order chi connectivity index (χ0) is 17.7. The molecule has 0 radical (unpaired) electrons. The van der Waals surface area contributed by atoms with Gasteiger partial charge in [0.25, 0.3) is 16.0 Å². The molecule has 3 N–H and O–H groups in total. The predicted octanol–water partition coefficient (Wildman–Crippen LogP) is 1.41. The van der Waals surface area contributed by atoms with E-state index in [1.807, 2.05) is 0 Å². The van der Waals surface area contributed by atoms with Crippen LogP contribution in [0.5, 0.6) is 11.5 Å². The van der Waals surface area contributed by atoms with E-state index in [1.54, 1.807) is 24.3 Å². The average Bonchev–Trinajstić information content (AvgIpc) is 2.55. The number of carbonyl (C=O) groups is 1. The Morgan fingerprint density at radius 3 is 2.46 bits per heavy atom. The van der Waals surface area contributed by atoms with Crippen molar-refractivity contribution in [3.05, 3.63) is 53.6 Å². The van der Waals surface area contributed by atoms with Gasteiger partial charge in [0.05, 0.1) is 18.2 Å². The maximum atomic E-state index is 11.9. The normalized spacial score (nSPS) is 11.4. The molecule has 2 aromatic carbocycles. The summed E-state index contributed by atoms with van der Waals surface area (Å²) in [6, 6.07) is 9.46. The van der Waals surface area contributed by atoms with Gasteiger partial charge in [-0.15, -0.1) is 0 Å². The van der Waals surface area contributed by atoms with Gasteiger partial charge in [-0.25, -0.2) is 5.43 Å². The average molecular weight is 350 g/mol. The minimum atomic E-state index is -4.41. The lowest BCUT2D eigenvalue weighted by molar-refractivity contribution is 0.0955. The molecule has 0 aromatic heterocycles. The molecule has 0 aliphatic heterocycles. The second-order valence-corrected chi connectivity index (χ2v) is 6.04. The largest absolute Gasteiger partial charge is 0.507 e. The maximum Gasteiger partial charge on any atom is 0.294 e. The number of hydrazone groups is 1. The van der Waals surface area contributed by atoms with E-state index in [-0.39, 0.29) is 11.3 Å². The molecular formula is C15H14N2O6S. The van der Waals surface area contributed by atoms with Gasteiger partial charge in [0.1, 0.15) is 11.5 Å². The number of nitrogens with zero attached hydrogens (tertiary/aromatic N) is 1. The molecule has 0 heterocycles. The number of amides is 1. The Morgan fingerprint density at radius 2 is 1.88 bits per heavy atom. The first-order valence-electron chi connectivity index (χ1n) is 6.59. The summed E-state index contributed by atoms with van der Waals surface area (Å²) >= 11 is 0. The van der Waals surface area contributed by atoms with Crippen LogP contribution in [0.2, 0.25) is 0 Å². The molecule has 0 unspecified atom stereocenters. The van der Waals surface area contributed by atoms with Crippen LogP contribution in [-0.2, 0) is 10.1 Å². The van der Waals surface area contributed by atoms with Crippen molar-refractivity contribution in [1.29, 1.82) is 0 Å². The Hall–Kier alpha value is -2.91. The quantitative estimate of drug-likeness (QED) is 0.425.